The Bertz CT molecular complexity index is 1140. The molecule has 1 aliphatic heterocycles. The number of allylic oxidation sites excluding steroid dienone is 2. The fourth-order valence-corrected chi connectivity index (χ4v) is 15.9. The van der Waals surface area contributed by atoms with E-state index in [1.165, 1.54) is 116 Å². The molecule has 0 aromatic heterocycles. The van der Waals surface area contributed by atoms with Crippen molar-refractivity contribution < 1.29 is 0 Å². The molecular weight excluding hydrogens is 903 g/mol. The fraction of sp³-hybridized carbons (Fsp3) is 0.973. The van der Waals surface area contributed by atoms with Crippen LogP contribution in [0.25, 0.3) is 0 Å². The lowest BCUT2D eigenvalue weighted by Crippen LogP contribution is -2.42. The topological polar surface area (TPSA) is 3.24 Å². The van der Waals surface area contributed by atoms with Crippen LogP contribution in [0.15, 0.2) is 12.2 Å². The lowest BCUT2D eigenvalue weighted by molar-refractivity contribution is 0.0792. The highest BCUT2D eigenvalue weighted by molar-refractivity contribution is 5.03. The first-order valence-electron chi connectivity index (χ1n) is 32.0. The van der Waals surface area contributed by atoms with E-state index in [0.717, 1.165) is 142 Å². The lowest BCUT2D eigenvalue weighted by Gasteiger charge is -2.41. The highest BCUT2D eigenvalue weighted by Crippen LogP contribution is 2.43. The van der Waals surface area contributed by atoms with Gasteiger partial charge in [-0.15, -0.1) is 0 Å². The maximum absolute atomic E-state index is 2.49. The number of rotatable bonds is 12. The zero-order valence-electron chi connectivity index (χ0n) is 53.2. The van der Waals surface area contributed by atoms with E-state index in [2.05, 4.69) is 190 Å². The van der Waals surface area contributed by atoms with Gasteiger partial charge in [-0.2, -0.15) is 0 Å². The predicted octanol–water partition coefficient (Wildman–Crippen LogP) is 25.2. The predicted molar refractivity (Wildman–Crippen MR) is 354 cm³/mol. The molecule has 1 nitrogen and oxygen atoms in total. The van der Waals surface area contributed by atoms with Gasteiger partial charge in [-0.25, -0.2) is 0 Å². The SMILES string of the molecule is C.C.C.C.C.CC(C)C1C=CCC1C(C)C.CC(C)C1CCCC1C(C)C.CC(C)C1CCCC1C(C)C.CC(C)C1CCCCC1C(C)C.CC(C)C1CCCCC1C(C)C.CC(C)C1CCN(C)CC1C(C)C. The molecule has 0 N–H and O–H groups in total. The van der Waals surface area contributed by atoms with Crippen LogP contribution >= 0.6 is 0 Å². The van der Waals surface area contributed by atoms with Crippen LogP contribution in [-0.4, -0.2) is 25.0 Å². The van der Waals surface area contributed by atoms with Gasteiger partial charge in [-0.05, 0) is 220 Å². The summed E-state index contributed by atoms with van der Waals surface area (Å²) in [5.74, 6) is 22.4. The smallest absolute Gasteiger partial charge is 0.00118 e. The Labute approximate surface area is 482 Å². The number of hydrogen-bond donors (Lipinski definition) is 0. The summed E-state index contributed by atoms with van der Waals surface area (Å²) in [5.41, 5.74) is 0. The number of nitrogens with zero attached hydrogens (tertiary/aromatic N) is 1. The highest BCUT2D eigenvalue weighted by Gasteiger charge is 2.35. The average Bonchev–Trinajstić information content (AvgIpc) is 4.10. The summed E-state index contributed by atoms with van der Waals surface area (Å²) < 4.78 is 0. The molecule has 0 spiro atoms. The third-order valence-electron chi connectivity index (χ3n) is 20.4. The molecule has 0 aromatic rings. The van der Waals surface area contributed by atoms with E-state index in [-0.39, 0.29) is 37.1 Å². The van der Waals surface area contributed by atoms with Gasteiger partial charge in [0.2, 0.25) is 0 Å². The van der Waals surface area contributed by atoms with Crippen molar-refractivity contribution in [2.75, 3.05) is 20.1 Å². The van der Waals surface area contributed by atoms with Gasteiger partial charge < -0.3 is 4.90 Å². The molecule has 6 aliphatic rings. The van der Waals surface area contributed by atoms with Crippen molar-refractivity contribution in [2.24, 2.45) is 142 Å². The number of hydrogen-bond acceptors (Lipinski definition) is 1. The largest absolute Gasteiger partial charge is 0.306 e. The lowest BCUT2D eigenvalue weighted by atomic mass is 9.69. The summed E-state index contributed by atoms with van der Waals surface area (Å²) in [6.07, 6.45) is 28.2. The Morgan fingerprint density at radius 1 is 0.267 bits per heavy atom. The summed E-state index contributed by atoms with van der Waals surface area (Å²) >= 11 is 0. The Kier molecular flexibility index (Phi) is 48.4. The van der Waals surface area contributed by atoms with Gasteiger partial charge in [0.1, 0.15) is 0 Å². The Morgan fingerprint density at radius 2 is 0.480 bits per heavy atom. The summed E-state index contributed by atoms with van der Waals surface area (Å²) in [7, 11) is 2.26. The number of likely N-dealkylation sites (tertiary alicyclic amines) is 1. The molecule has 12 atom stereocenters. The standard InChI is InChI=1S/C12H25N.2C12H24.2C11H22.C11H20.5CH4/c1-9(2)11-6-7-13(5)8-12(11)10(3)4;2*1-9(2)11-7-5-6-8-12(11)10(3)4;3*1-8(2)10-6-5-7-11(10)9(3)4;;;;;/h9-12H,6-8H2,1-5H3;2*9-12H,5-8H2,1-4H3;2*8-11H,5-7H2,1-4H3;5-6,8-11H,7H2,1-4H3;5*1H4. The second-order valence-electron chi connectivity index (χ2n) is 29.5. The van der Waals surface area contributed by atoms with Crippen molar-refractivity contribution in [3.05, 3.63) is 12.2 Å². The van der Waals surface area contributed by atoms with E-state index in [0.29, 0.717) is 0 Å². The molecular formula is C74H157N. The highest BCUT2D eigenvalue weighted by atomic mass is 15.1. The van der Waals surface area contributed by atoms with E-state index < -0.39 is 0 Å². The van der Waals surface area contributed by atoms with Crippen molar-refractivity contribution in [3.63, 3.8) is 0 Å². The van der Waals surface area contributed by atoms with E-state index in [1.807, 2.05) is 0 Å². The van der Waals surface area contributed by atoms with Crippen molar-refractivity contribution in [3.8, 4) is 0 Å². The van der Waals surface area contributed by atoms with E-state index in [1.54, 1.807) is 0 Å². The quantitative estimate of drug-likeness (QED) is 0.176. The van der Waals surface area contributed by atoms with Crippen LogP contribution in [0.3, 0.4) is 0 Å². The first kappa shape index (κ1) is 83.5. The molecule has 75 heavy (non-hydrogen) atoms. The minimum atomic E-state index is 0. The minimum absolute atomic E-state index is 0. The number of piperidine rings is 1. The van der Waals surface area contributed by atoms with Crippen molar-refractivity contribution >= 4 is 0 Å². The zero-order chi connectivity index (χ0) is 53.6. The van der Waals surface area contributed by atoms with Crippen LogP contribution in [0.1, 0.15) is 306 Å². The second kappa shape index (κ2) is 43.4. The third kappa shape index (κ3) is 29.8. The molecule has 1 saturated heterocycles. The van der Waals surface area contributed by atoms with Crippen LogP contribution in [0, 0.1) is 142 Å². The molecule has 1 heteroatoms. The Morgan fingerprint density at radius 3 is 0.680 bits per heavy atom. The van der Waals surface area contributed by atoms with E-state index in [9.17, 15) is 0 Å². The molecule has 1 heterocycles. The van der Waals surface area contributed by atoms with Gasteiger partial charge >= 0.3 is 0 Å². The first-order chi connectivity index (χ1) is 32.6. The van der Waals surface area contributed by atoms with Crippen molar-refractivity contribution in [2.45, 2.75) is 306 Å². The van der Waals surface area contributed by atoms with Crippen LogP contribution in [-0.2, 0) is 0 Å². The molecule has 6 rings (SSSR count). The van der Waals surface area contributed by atoms with E-state index in [4.69, 9.17) is 0 Å². The molecule has 5 fully saturated rings. The molecule has 0 bridgehead atoms. The monoisotopic (exact) mass is 1060 g/mol. The van der Waals surface area contributed by atoms with Gasteiger partial charge in [-0.3, -0.25) is 0 Å². The van der Waals surface area contributed by atoms with Crippen LogP contribution in [0.5, 0.6) is 0 Å². The molecule has 4 saturated carbocycles. The minimum Gasteiger partial charge on any atom is -0.306 e. The summed E-state index contributed by atoms with van der Waals surface area (Å²) in [6, 6.07) is 0. The Hall–Kier alpha value is -0.300. The molecule has 458 valence electrons. The van der Waals surface area contributed by atoms with Gasteiger partial charge in [-0.1, -0.05) is 254 Å². The first-order valence-corrected chi connectivity index (χ1v) is 32.0. The maximum atomic E-state index is 2.49. The molecule has 12 unspecified atom stereocenters. The fourth-order valence-electron chi connectivity index (χ4n) is 15.9. The molecule has 5 aliphatic carbocycles. The van der Waals surface area contributed by atoms with Gasteiger partial charge in [0.25, 0.3) is 0 Å². The summed E-state index contributed by atoms with van der Waals surface area (Å²) in [4.78, 5) is 2.49. The maximum Gasteiger partial charge on any atom is 0.00118 e. The van der Waals surface area contributed by atoms with Crippen LogP contribution in [0.4, 0.5) is 0 Å². The van der Waals surface area contributed by atoms with Crippen molar-refractivity contribution in [1.82, 2.24) is 4.90 Å². The summed E-state index contributed by atoms with van der Waals surface area (Å²) in [5, 5.41) is 0. The van der Waals surface area contributed by atoms with Gasteiger partial charge in [0.15, 0.2) is 0 Å². The van der Waals surface area contributed by atoms with E-state index >= 15 is 0 Å². The second-order valence-corrected chi connectivity index (χ2v) is 29.5. The van der Waals surface area contributed by atoms with Gasteiger partial charge in [0, 0.05) is 6.54 Å². The van der Waals surface area contributed by atoms with Gasteiger partial charge in [0.05, 0.1) is 0 Å². The molecule has 0 radical (unpaired) electrons. The van der Waals surface area contributed by atoms with Crippen LogP contribution < -0.4 is 0 Å². The average molecular weight is 1060 g/mol. The zero-order valence-corrected chi connectivity index (χ0v) is 53.2. The van der Waals surface area contributed by atoms with Crippen molar-refractivity contribution in [1.29, 1.82) is 0 Å². The summed E-state index contributed by atoms with van der Waals surface area (Å²) in [6.45, 7) is 59.6. The van der Waals surface area contributed by atoms with Crippen LogP contribution in [0.2, 0.25) is 0 Å². The third-order valence-corrected chi connectivity index (χ3v) is 20.4. The Balaban J connectivity index is -0.000000258. The normalized spacial score (nSPS) is 29.5. The molecule has 0 aromatic carbocycles. The molecule has 0 amide bonds.